The standard InChI is InChI=1S/C14H18N2O3/c1-14(2,19-3)10-16-13(18)12-6-7-15-9-11(12)5-4-8-17/h6-7,9,17H,8,10H2,1-3H3,(H,16,18). The molecule has 1 amide bonds. The van der Waals surface area contributed by atoms with Crippen molar-refractivity contribution in [3.05, 3.63) is 29.6 Å². The van der Waals surface area contributed by atoms with Gasteiger partial charge in [-0.15, -0.1) is 0 Å². The zero-order chi connectivity index (χ0) is 14.3. The van der Waals surface area contributed by atoms with Gasteiger partial charge in [0.15, 0.2) is 0 Å². The molecule has 0 fully saturated rings. The van der Waals surface area contributed by atoms with E-state index in [-0.39, 0.29) is 12.5 Å². The van der Waals surface area contributed by atoms with Gasteiger partial charge in [-0.1, -0.05) is 11.8 Å². The van der Waals surface area contributed by atoms with Crippen molar-refractivity contribution in [3.8, 4) is 11.8 Å². The number of nitrogens with one attached hydrogen (secondary N) is 1. The van der Waals surface area contributed by atoms with Crippen LogP contribution in [0.15, 0.2) is 18.5 Å². The number of aromatic nitrogens is 1. The Morgan fingerprint density at radius 2 is 2.32 bits per heavy atom. The predicted molar refractivity (Wildman–Crippen MR) is 71.6 cm³/mol. The molecule has 102 valence electrons. The average Bonchev–Trinajstić information content (AvgIpc) is 2.43. The lowest BCUT2D eigenvalue weighted by atomic mass is 10.1. The first kappa shape index (κ1) is 15.2. The van der Waals surface area contributed by atoms with Crippen molar-refractivity contribution in [2.45, 2.75) is 19.4 Å². The highest BCUT2D eigenvalue weighted by atomic mass is 16.5. The molecule has 0 atom stereocenters. The minimum Gasteiger partial charge on any atom is -0.384 e. The number of nitrogens with zero attached hydrogens (tertiary/aromatic N) is 1. The van der Waals surface area contributed by atoms with Crippen molar-refractivity contribution in [2.24, 2.45) is 0 Å². The highest BCUT2D eigenvalue weighted by Gasteiger charge is 2.18. The highest BCUT2D eigenvalue weighted by molar-refractivity contribution is 5.96. The van der Waals surface area contributed by atoms with Crippen molar-refractivity contribution in [1.29, 1.82) is 0 Å². The quantitative estimate of drug-likeness (QED) is 0.779. The van der Waals surface area contributed by atoms with Crippen LogP contribution >= 0.6 is 0 Å². The van der Waals surface area contributed by atoms with E-state index in [0.717, 1.165) is 0 Å². The molecule has 0 aliphatic rings. The van der Waals surface area contributed by atoms with Crippen LogP contribution in [0, 0.1) is 11.8 Å². The number of hydrogen-bond acceptors (Lipinski definition) is 4. The molecule has 1 heterocycles. The van der Waals surface area contributed by atoms with Gasteiger partial charge in [0.1, 0.15) is 6.61 Å². The van der Waals surface area contributed by atoms with Gasteiger partial charge in [0.2, 0.25) is 0 Å². The Kier molecular flexibility index (Phi) is 5.49. The fourth-order valence-corrected chi connectivity index (χ4v) is 1.29. The Hall–Kier alpha value is -1.90. The van der Waals surface area contributed by atoms with Gasteiger partial charge >= 0.3 is 0 Å². The van der Waals surface area contributed by atoms with Gasteiger partial charge < -0.3 is 15.2 Å². The third-order valence-corrected chi connectivity index (χ3v) is 2.60. The Bertz CT molecular complexity index is 501. The van der Waals surface area contributed by atoms with Gasteiger partial charge in [-0.2, -0.15) is 0 Å². The Labute approximate surface area is 113 Å². The van der Waals surface area contributed by atoms with E-state index in [4.69, 9.17) is 9.84 Å². The van der Waals surface area contributed by atoms with Gasteiger partial charge in [-0.25, -0.2) is 0 Å². The number of methoxy groups -OCH3 is 1. The largest absolute Gasteiger partial charge is 0.384 e. The van der Waals surface area contributed by atoms with Crippen molar-refractivity contribution < 1.29 is 14.6 Å². The number of carbonyl (C=O) groups excluding carboxylic acids is 1. The molecule has 0 bridgehead atoms. The van der Waals surface area contributed by atoms with E-state index in [1.165, 1.54) is 12.4 Å². The van der Waals surface area contributed by atoms with Gasteiger partial charge in [0.05, 0.1) is 16.7 Å². The third-order valence-electron chi connectivity index (χ3n) is 2.60. The van der Waals surface area contributed by atoms with Crippen molar-refractivity contribution >= 4 is 5.91 Å². The second kappa shape index (κ2) is 6.88. The maximum atomic E-state index is 12.1. The lowest BCUT2D eigenvalue weighted by molar-refractivity contribution is 0.0228. The molecule has 1 rings (SSSR count). The predicted octanol–water partition coefficient (Wildman–Crippen LogP) is 0.580. The molecule has 0 aromatic carbocycles. The van der Waals surface area contributed by atoms with Gasteiger partial charge in [0.25, 0.3) is 5.91 Å². The van der Waals surface area contributed by atoms with Crippen LogP contribution in [0.2, 0.25) is 0 Å². The van der Waals surface area contributed by atoms with E-state index in [0.29, 0.717) is 17.7 Å². The number of rotatable bonds is 4. The number of aliphatic hydroxyl groups excluding tert-OH is 1. The molecule has 2 N–H and O–H groups in total. The first-order valence-electron chi connectivity index (χ1n) is 5.87. The van der Waals surface area contributed by atoms with Gasteiger partial charge in [-0.05, 0) is 19.9 Å². The summed E-state index contributed by atoms with van der Waals surface area (Å²) in [7, 11) is 1.59. The topological polar surface area (TPSA) is 71.5 Å². The van der Waals surface area contributed by atoms with E-state index < -0.39 is 5.60 Å². The van der Waals surface area contributed by atoms with Crippen LogP contribution in [0.4, 0.5) is 0 Å². The molecule has 5 nitrogen and oxygen atoms in total. The molecule has 19 heavy (non-hydrogen) atoms. The molecule has 5 heteroatoms. The number of hydrogen-bond donors (Lipinski definition) is 2. The first-order valence-corrected chi connectivity index (χ1v) is 5.87. The Morgan fingerprint density at radius 1 is 1.58 bits per heavy atom. The summed E-state index contributed by atoms with van der Waals surface area (Å²) in [6, 6.07) is 1.59. The number of pyridine rings is 1. The van der Waals surface area contributed by atoms with Gasteiger partial charge in [0, 0.05) is 26.0 Å². The van der Waals surface area contributed by atoms with Gasteiger partial charge in [-0.3, -0.25) is 9.78 Å². The molecule has 0 saturated heterocycles. The lowest BCUT2D eigenvalue weighted by Gasteiger charge is -2.23. The minimum absolute atomic E-state index is 0.241. The first-order chi connectivity index (χ1) is 9.00. The monoisotopic (exact) mass is 262 g/mol. The van der Waals surface area contributed by atoms with Crippen molar-refractivity contribution in [2.75, 3.05) is 20.3 Å². The normalized spacial score (nSPS) is 10.5. The lowest BCUT2D eigenvalue weighted by Crippen LogP contribution is -2.39. The zero-order valence-electron chi connectivity index (χ0n) is 11.4. The molecule has 0 radical (unpaired) electrons. The molecule has 1 aromatic heterocycles. The number of carbonyl (C=O) groups is 1. The van der Waals surface area contributed by atoms with E-state index in [2.05, 4.69) is 22.1 Å². The summed E-state index contributed by atoms with van der Waals surface area (Å²) >= 11 is 0. The fourth-order valence-electron chi connectivity index (χ4n) is 1.29. The summed E-state index contributed by atoms with van der Waals surface area (Å²) < 4.78 is 5.23. The van der Waals surface area contributed by atoms with Crippen LogP contribution in [0.5, 0.6) is 0 Å². The smallest absolute Gasteiger partial charge is 0.252 e. The minimum atomic E-state index is -0.431. The second-order valence-electron chi connectivity index (χ2n) is 4.53. The maximum Gasteiger partial charge on any atom is 0.252 e. The molecule has 0 saturated carbocycles. The van der Waals surface area contributed by atoms with E-state index in [1.807, 2.05) is 13.8 Å². The summed E-state index contributed by atoms with van der Waals surface area (Å²) in [6.07, 6.45) is 3.03. The average molecular weight is 262 g/mol. The maximum absolute atomic E-state index is 12.1. The van der Waals surface area contributed by atoms with Crippen LogP contribution < -0.4 is 5.32 Å². The SMILES string of the molecule is COC(C)(C)CNC(=O)c1ccncc1C#CCO. The second-order valence-corrected chi connectivity index (χ2v) is 4.53. The molecular formula is C14H18N2O3. The van der Waals surface area contributed by atoms with Crippen molar-refractivity contribution in [1.82, 2.24) is 10.3 Å². The Morgan fingerprint density at radius 3 is 2.95 bits per heavy atom. The molecule has 1 aromatic rings. The van der Waals surface area contributed by atoms with E-state index >= 15 is 0 Å². The van der Waals surface area contributed by atoms with Crippen LogP contribution in [0.25, 0.3) is 0 Å². The summed E-state index contributed by atoms with van der Waals surface area (Å²) in [5.41, 5.74) is 0.492. The fraction of sp³-hybridized carbons (Fsp3) is 0.429. The molecular weight excluding hydrogens is 244 g/mol. The molecule has 0 aliphatic carbocycles. The van der Waals surface area contributed by atoms with E-state index in [1.54, 1.807) is 13.2 Å². The summed E-state index contributed by atoms with van der Waals surface area (Å²) in [5, 5.41) is 11.5. The van der Waals surface area contributed by atoms with Crippen LogP contribution in [0.1, 0.15) is 29.8 Å². The number of aliphatic hydroxyl groups is 1. The van der Waals surface area contributed by atoms with Crippen LogP contribution in [-0.2, 0) is 4.74 Å². The zero-order valence-corrected chi connectivity index (χ0v) is 11.4. The third kappa shape index (κ3) is 4.70. The molecule has 0 aliphatic heterocycles. The summed E-state index contributed by atoms with van der Waals surface area (Å²) in [5.74, 6) is 4.96. The summed E-state index contributed by atoms with van der Waals surface area (Å²) in [4.78, 5) is 16.0. The van der Waals surface area contributed by atoms with E-state index in [9.17, 15) is 4.79 Å². The highest BCUT2D eigenvalue weighted by Crippen LogP contribution is 2.08. The van der Waals surface area contributed by atoms with Crippen LogP contribution in [-0.4, -0.2) is 41.9 Å². The number of amides is 1. The van der Waals surface area contributed by atoms with Crippen LogP contribution in [0.3, 0.4) is 0 Å². The number of ether oxygens (including phenoxy) is 1. The molecule has 0 spiro atoms. The Balaban J connectivity index is 2.83. The summed E-state index contributed by atoms with van der Waals surface area (Å²) in [6.45, 7) is 3.89. The molecule has 0 unspecified atom stereocenters. The van der Waals surface area contributed by atoms with Crippen molar-refractivity contribution in [3.63, 3.8) is 0 Å².